The molecule has 34 heavy (non-hydrogen) atoms. The van der Waals surface area contributed by atoms with Crippen molar-refractivity contribution in [2.75, 3.05) is 5.32 Å². The highest BCUT2D eigenvalue weighted by atomic mass is 32.1. The molecule has 0 bridgehead atoms. The Morgan fingerprint density at radius 3 is 2.79 bits per heavy atom. The lowest BCUT2D eigenvalue weighted by molar-refractivity contribution is -0.116. The molecule has 3 heterocycles. The minimum Gasteiger partial charge on any atom is -0.324 e. The van der Waals surface area contributed by atoms with Gasteiger partial charge in [0, 0.05) is 16.6 Å². The van der Waals surface area contributed by atoms with Crippen LogP contribution in [0.15, 0.2) is 77.2 Å². The second-order valence-corrected chi connectivity index (χ2v) is 10.1. The van der Waals surface area contributed by atoms with E-state index in [9.17, 15) is 9.59 Å². The van der Waals surface area contributed by atoms with Crippen molar-refractivity contribution in [1.82, 2.24) is 14.5 Å². The number of carbonyl (C=O) groups excluding carboxylic acids is 1. The largest absolute Gasteiger partial charge is 0.324 e. The summed E-state index contributed by atoms with van der Waals surface area (Å²) >= 11 is 3.01. The molecular formula is C26H18N4O2S2. The Labute approximate surface area is 202 Å². The fourth-order valence-corrected chi connectivity index (χ4v) is 5.90. The van der Waals surface area contributed by atoms with Crippen molar-refractivity contribution in [3.8, 4) is 11.1 Å². The zero-order valence-electron chi connectivity index (χ0n) is 18.1. The normalized spacial score (nSPS) is 11.4. The van der Waals surface area contributed by atoms with Crippen LogP contribution in [-0.4, -0.2) is 20.4 Å². The molecule has 0 aliphatic rings. The molecule has 6 rings (SSSR count). The van der Waals surface area contributed by atoms with Crippen molar-refractivity contribution in [2.45, 2.75) is 13.5 Å². The molecule has 0 saturated heterocycles. The van der Waals surface area contributed by atoms with E-state index in [-0.39, 0.29) is 18.0 Å². The van der Waals surface area contributed by atoms with Crippen molar-refractivity contribution >= 4 is 65.5 Å². The molecule has 0 spiro atoms. The van der Waals surface area contributed by atoms with Crippen molar-refractivity contribution in [3.05, 3.63) is 87.7 Å². The van der Waals surface area contributed by atoms with Crippen LogP contribution in [0.5, 0.6) is 0 Å². The molecule has 0 fully saturated rings. The summed E-state index contributed by atoms with van der Waals surface area (Å²) in [6.45, 7) is 1.84. The van der Waals surface area contributed by atoms with Gasteiger partial charge in [-0.25, -0.2) is 9.97 Å². The molecule has 0 unspecified atom stereocenters. The third-order valence-corrected chi connectivity index (χ3v) is 7.53. The summed E-state index contributed by atoms with van der Waals surface area (Å²) in [5, 5.41) is 8.60. The highest BCUT2D eigenvalue weighted by Gasteiger charge is 2.15. The number of fused-ring (bicyclic) bond motifs is 3. The predicted octanol–water partition coefficient (Wildman–Crippen LogP) is 5.84. The maximum atomic E-state index is 13.4. The molecule has 0 radical (unpaired) electrons. The third-order valence-electron chi connectivity index (χ3n) is 5.71. The molecule has 0 atom stereocenters. The Kier molecular flexibility index (Phi) is 4.97. The number of carbonyl (C=O) groups is 1. The van der Waals surface area contributed by atoms with Gasteiger partial charge in [0.05, 0.1) is 26.9 Å². The van der Waals surface area contributed by atoms with Crippen molar-refractivity contribution < 1.29 is 4.79 Å². The number of thiophene rings is 1. The quantitative estimate of drug-likeness (QED) is 0.343. The summed E-state index contributed by atoms with van der Waals surface area (Å²) in [5.41, 5.74) is 3.15. The second kappa shape index (κ2) is 8.16. The highest BCUT2D eigenvalue weighted by molar-refractivity contribution is 7.18. The molecule has 6 nitrogen and oxygen atoms in total. The maximum Gasteiger partial charge on any atom is 0.263 e. The molecule has 3 aromatic carbocycles. The molecule has 3 aromatic heterocycles. The second-order valence-electron chi connectivity index (χ2n) is 8.03. The Balaban J connectivity index is 1.32. The first-order valence-corrected chi connectivity index (χ1v) is 12.4. The fourth-order valence-electron chi connectivity index (χ4n) is 4.12. The van der Waals surface area contributed by atoms with Crippen LogP contribution in [-0.2, 0) is 11.3 Å². The highest BCUT2D eigenvalue weighted by Crippen LogP contribution is 2.32. The van der Waals surface area contributed by atoms with E-state index in [1.165, 1.54) is 22.2 Å². The van der Waals surface area contributed by atoms with Gasteiger partial charge >= 0.3 is 0 Å². The Bertz CT molecular complexity index is 1780. The van der Waals surface area contributed by atoms with Crippen LogP contribution < -0.4 is 10.9 Å². The van der Waals surface area contributed by atoms with Crippen molar-refractivity contribution in [1.29, 1.82) is 0 Å². The third kappa shape index (κ3) is 3.67. The number of hydrogen-bond acceptors (Lipinski definition) is 6. The summed E-state index contributed by atoms with van der Waals surface area (Å²) in [7, 11) is 0. The van der Waals surface area contributed by atoms with E-state index in [2.05, 4.69) is 39.6 Å². The Morgan fingerprint density at radius 2 is 1.91 bits per heavy atom. The van der Waals surface area contributed by atoms with E-state index in [1.807, 2.05) is 48.7 Å². The van der Waals surface area contributed by atoms with E-state index < -0.39 is 0 Å². The SMILES string of the molecule is Cc1nc2ccc(NC(=O)Cn3cnc4scc(-c5ccc6ccccc6c5)c4c3=O)cc2s1. The minimum atomic E-state index is -0.286. The number of aromatic nitrogens is 3. The van der Waals surface area contributed by atoms with Gasteiger partial charge in [0.25, 0.3) is 5.56 Å². The van der Waals surface area contributed by atoms with Crippen LogP contribution in [0, 0.1) is 6.92 Å². The van der Waals surface area contributed by atoms with Gasteiger partial charge in [-0.05, 0) is 47.5 Å². The predicted molar refractivity (Wildman–Crippen MR) is 140 cm³/mol. The summed E-state index contributed by atoms with van der Waals surface area (Å²) in [4.78, 5) is 35.7. The molecule has 1 amide bonds. The molecule has 1 N–H and O–H groups in total. The molecular weight excluding hydrogens is 464 g/mol. The molecule has 0 aliphatic carbocycles. The summed E-state index contributed by atoms with van der Waals surface area (Å²) < 4.78 is 2.37. The zero-order chi connectivity index (χ0) is 23.2. The number of nitrogens with one attached hydrogen (secondary N) is 1. The summed E-state index contributed by atoms with van der Waals surface area (Å²) in [6.07, 6.45) is 1.45. The molecule has 0 aliphatic heterocycles. The van der Waals surface area contributed by atoms with Crippen LogP contribution in [0.25, 0.3) is 42.3 Å². The van der Waals surface area contributed by atoms with Crippen LogP contribution in [0.1, 0.15) is 5.01 Å². The summed E-state index contributed by atoms with van der Waals surface area (Å²) in [6, 6.07) is 19.9. The number of nitrogens with zero attached hydrogens (tertiary/aromatic N) is 3. The monoisotopic (exact) mass is 482 g/mol. The fraction of sp³-hybridized carbons (Fsp3) is 0.0769. The van der Waals surface area contributed by atoms with Crippen LogP contribution in [0.3, 0.4) is 0 Å². The van der Waals surface area contributed by atoms with Gasteiger partial charge in [-0.15, -0.1) is 22.7 Å². The topological polar surface area (TPSA) is 76.9 Å². The standard InChI is InChI=1S/C26H18N4O2S2/c1-15-28-21-9-8-19(11-22(21)34-15)29-23(31)12-30-14-27-25-24(26(30)32)20(13-33-25)18-7-6-16-4-2-3-5-17(16)10-18/h2-11,13-14H,12H2,1H3,(H,29,31). The van der Waals surface area contributed by atoms with E-state index >= 15 is 0 Å². The summed E-state index contributed by atoms with van der Waals surface area (Å²) in [5.74, 6) is -0.286. The van der Waals surface area contributed by atoms with Gasteiger partial charge in [-0.3, -0.25) is 14.2 Å². The lowest BCUT2D eigenvalue weighted by Gasteiger charge is -2.08. The smallest absolute Gasteiger partial charge is 0.263 e. The molecule has 0 saturated carbocycles. The maximum absolute atomic E-state index is 13.4. The first-order valence-electron chi connectivity index (χ1n) is 10.7. The first-order chi connectivity index (χ1) is 16.5. The lowest BCUT2D eigenvalue weighted by Crippen LogP contribution is -2.27. The minimum absolute atomic E-state index is 0.117. The number of rotatable bonds is 4. The van der Waals surface area contributed by atoms with Crippen LogP contribution in [0.4, 0.5) is 5.69 Å². The number of thiazole rings is 1. The number of amides is 1. The van der Waals surface area contributed by atoms with Gasteiger partial charge in [0.2, 0.25) is 5.91 Å². The van der Waals surface area contributed by atoms with Gasteiger partial charge in [0.15, 0.2) is 0 Å². The lowest BCUT2D eigenvalue weighted by atomic mass is 10.0. The first kappa shape index (κ1) is 20.7. The van der Waals surface area contributed by atoms with Gasteiger partial charge < -0.3 is 5.32 Å². The van der Waals surface area contributed by atoms with Crippen LogP contribution in [0.2, 0.25) is 0 Å². The van der Waals surface area contributed by atoms with E-state index in [4.69, 9.17) is 0 Å². The van der Waals surface area contributed by atoms with Gasteiger partial charge in [-0.1, -0.05) is 36.4 Å². The number of anilines is 1. The average molecular weight is 483 g/mol. The van der Waals surface area contributed by atoms with Gasteiger partial charge in [-0.2, -0.15) is 0 Å². The van der Waals surface area contributed by atoms with E-state index in [0.29, 0.717) is 15.9 Å². The molecule has 8 heteroatoms. The van der Waals surface area contributed by atoms with Crippen LogP contribution >= 0.6 is 22.7 Å². The molecule has 6 aromatic rings. The van der Waals surface area contributed by atoms with Crippen molar-refractivity contribution in [3.63, 3.8) is 0 Å². The molecule has 166 valence electrons. The zero-order valence-corrected chi connectivity index (χ0v) is 19.7. The number of aryl methyl sites for hydroxylation is 1. The van der Waals surface area contributed by atoms with Crippen molar-refractivity contribution in [2.24, 2.45) is 0 Å². The van der Waals surface area contributed by atoms with Gasteiger partial charge in [0.1, 0.15) is 11.4 Å². The number of benzene rings is 3. The Hall–Kier alpha value is -3.88. The van der Waals surface area contributed by atoms with E-state index in [0.717, 1.165) is 37.1 Å². The number of hydrogen-bond donors (Lipinski definition) is 1. The average Bonchev–Trinajstić information content (AvgIpc) is 3.43. The Morgan fingerprint density at radius 1 is 1.06 bits per heavy atom. The van der Waals surface area contributed by atoms with E-state index in [1.54, 1.807) is 11.3 Å².